The van der Waals surface area contributed by atoms with Crippen LogP contribution in [-0.4, -0.2) is 46.6 Å². The molecule has 2 aromatic carbocycles. The van der Waals surface area contributed by atoms with Crippen molar-refractivity contribution in [2.24, 2.45) is 10.2 Å². The van der Waals surface area contributed by atoms with E-state index in [1.807, 2.05) is 0 Å². The smallest absolute Gasteiger partial charge is 0.308 e. The quantitative estimate of drug-likeness (QED) is 0.531. The molecule has 11 heteroatoms. The van der Waals surface area contributed by atoms with Crippen LogP contribution in [0, 0.1) is 0 Å². The highest BCUT2D eigenvalue weighted by molar-refractivity contribution is 6.31. The fourth-order valence-corrected chi connectivity index (χ4v) is 3.53. The lowest BCUT2D eigenvalue weighted by Crippen LogP contribution is -2.39. The summed E-state index contributed by atoms with van der Waals surface area (Å²) in [6, 6.07) is 12.0. The molecule has 0 saturated heterocycles. The Bertz CT molecular complexity index is 1180. The number of ether oxygens (including phenoxy) is 2. The molecule has 0 saturated carbocycles. The summed E-state index contributed by atoms with van der Waals surface area (Å²) < 4.78 is 11.4. The van der Waals surface area contributed by atoms with E-state index in [1.54, 1.807) is 47.5 Å². The molecule has 0 bridgehead atoms. The number of esters is 1. The Morgan fingerprint density at radius 1 is 1.24 bits per heavy atom. The van der Waals surface area contributed by atoms with E-state index in [-0.39, 0.29) is 30.1 Å². The maximum absolute atomic E-state index is 12.4. The first-order valence-corrected chi connectivity index (χ1v) is 10.4. The van der Waals surface area contributed by atoms with Crippen molar-refractivity contribution in [2.45, 2.75) is 26.6 Å². The molecule has 2 aliphatic heterocycles. The molecule has 1 N–H and O–H groups in total. The normalized spacial score (nSPS) is 17.4. The zero-order valence-electron chi connectivity index (χ0n) is 17.8. The van der Waals surface area contributed by atoms with E-state index in [2.05, 4.69) is 15.5 Å². The summed E-state index contributed by atoms with van der Waals surface area (Å²) in [6.07, 6.45) is 0.232. The molecule has 0 aliphatic carbocycles. The van der Waals surface area contributed by atoms with Crippen LogP contribution in [0.4, 0.5) is 0 Å². The maximum Gasteiger partial charge on any atom is 0.308 e. The van der Waals surface area contributed by atoms with Crippen molar-refractivity contribution in [1.82, 2.24) is 15.3 Å². The third-order valence-corrected chi connectivity index (χ3v) is 5.01. The van der Waals surface area contributed by atoms with E-state index >= 15 is 0 Å². The van der Waals surface area contributed by atoms with Crippen molar-refractivity contribution in [3.05, 3.63) is 64.2 Å². The number of benzene rings is 2. The molecule has 33 heavy (non-hydrogen) atoms. The molecule has 1 atom stereocenters. The van der Waals surface area contributed by atoms with Gasteiger partial charge >= 0.3 is 5.97 Å². The number of carbonyl (C=O) groups is 3. The van der Waals surface area contributed by atoms with Gasteiger partial charge in [-0.2, -0.15) is 10.1 Å². The van der Waals surface area contributed by atoms with Crippen LogP contribution < -0.4 is 10.1 Å². The summed E-state index contributed by atoms with van der Waals surface area (Å²) in [7, 11) is 0. The summed E-state index contributed by atoms with van der Waals surface area (Å²) in [5.74, 6) is -0.699. The number of amides is 2. The Morgan fingerprint density at radius 2 is 2.06 bits per heavy atom. The van der Waals surface area contributed by atoms with Crippen molar-refractivity contribution in [3.8, 4) is 5.75 Å². The van der Waals surface area contributed by atoms with Gasteiger partial charge in [0, 0.05) is 24.4 Å². The first-order valence-electron chi connectivity index (χ1n) is 9.99. The molecule has 2 aliphatic rings. The van der Waals surface area contributed by atoms with Gasteiger partial charge in [-0.3, -0.25) is 19.4 Å². The second kappa shape index (κ2) is 9.29. The van der Waals surface area contributed by atoms with E-state index in [0.29, 0.717) is 22.7 Å². The first-order chi connectivity index (χ1) is 15.8. The number of hydrogen-bond acceptors (Lipinski definition) is 8. The Hall–Kier alpha value is -3.92. The van der Waals surface area contributed by atoms with Gasteiger partial charge in [0.05, 0.1) is 12.1 Å². The average molecular weight is 470 g/mol. The average Bonchev–Trinajstić information content (AvgIpc) is 3.22. The van der Waals surface area contributed by atoms with Crippen LogP contribution in [0.1, 0.15) is 36.8 Å². The second-order valence-corrected chi connectivity index (χ2v) is 7.76. The van der Waals surface area contributed by atoms with Gasteiger partial charge in [0.25, 0.3) is 5.91 Å². The molecule has 2 heterocycles. The van der Waals surface area contributed by atoms with E-state index in [1.165, 1.54) is 25.1 Å². The molecule has 2 amide bonds. The number of carbonyl (C=O) groups excluding carboxylic acids is 3. The maximum atomic E-state index is 12.4. The standard InChI is InChI=1S/C22H20ClN5O5/c1-13(29)28-22(33-21(26-28)16-4-3-5-17(23)9-16)18-8-15(6-7-19(18)32-14(2)30)11-27-12-24-20(31)10-25-27/h3-10,22H,11-12H2,1-2H3,(H,24,31). The van der Waals surface area contributed by atoms with Gasteiger partial charge < -0.3 is 14.8 Å². The topological polar surface area (TPSA) is 113 Å². The summed E-state index contributed by atoms with van der Waals surface area (Å²) in [6.45, 7) is 3.26. The van der Waals surface area contributed by atoms with Crippen molar-refractivity contribution in [3.63, 3.8) is 0 Å². The Kier molecular flexibility index (Phi) is 6.27. The lowest BCUT2D eigenvalue weighted by Gasteiger charge is -2.24. The lowest BCUT2D eigenvalue weighted by molar-refractivity contribution is -0.135. The molecule has 2 aromatic rings. The molecule has 0 aromatic heterocycles. The minimum absolute atomic E-state index is 0.209. The largest absolute Gasteiger partial charge is 0.446 e. The molecule has 0 radical (unpaired) electrons. The zero-order chi connectivity index (χ0) is 23.5. The first kappa shape index (κ1) is 22.3. The summed E-state index contributed by atoms with van der Waals surface area (Å²) >= 11 is 6.09. The van der Waals surface area contributed by atoms with Crippen LogP contribution in [0.25, 0.3) is 0 Å². The van der Waals surface area contributed by atoms with Crippen LogP contribution in [0.5, 0.6) is 5.75 Å². The Morgan fingerprint density at radius 3 is 2.73 bits per heavy atom. The van der Waals surface area contributed by atoms with Crippen LogP contribution in [-0.2, 0) is 25.7 Å². The number of nitrogens with zero attached hydrogens (tertiary/aromatic N) is 4. The predicted molar refractivity (Wildman–Crippen MR) is 119 cm³/mol. The molecule has 1 unspecified atom stereocenters. The van der Waals surface area contributed by atoms with Crippen molar-refractivity contribution in [1.29, 1.82) is 0 Å². The van der Waals surface area contributed by atoms with E-state index in [4.69, 9.17) is 21.1 Å². The lowest BCUT2D eigenvalue weighted by atomic mass is 10.1. The Labute approximate surface area is 194 Å². The van der Waals surface area contributed by atoms with Crippen LogP contribution in [0.3, 0.4) is 0 Å². The molecule has 0 spiro atoms. The molecule has 4 rings (SSSR count). The third kappa shape index (κ3) is 5.12. The Balaban J connectivity index is 1.68. The van der Waals surface area contributed by atoms with Crippen LogP contribution in [0.15, 0.2) is 52.7 Å². The molecular weight excluding hydrogens is 450 g/mol. The van der Waals surface area contributed by atoms with E-state index in [9.17, 15) is 14.4 Å². The number of halogens is 1. The molecule has 0 fully saturated rings. The third-order valence-electron chi connectivity index (χ3n) is 4.77. The monoisotopic (exact) mass is 469 g/mol. The zero-order valence-corrected chi connectivity index (χ0v) is 18.6. The number of hydrogen-bond donors (Lipinski definition) is 1. The van der Waals surface area contributed by atoms with Gasteiger partial charge in [0.2, 0.25) is 18.0 Å². The minimum Gasteiger partial charge on any atom is -0.446 e. The number of rotatable bonds is 5. The van der Waals surface area contributed by atoms with E-state index < -0.39 is 12.2 Å². The van der Waals surface area contributed by atoms with Crippen molar-refractivity contribution >= 4 is 41.5 Å². The highest BCUT2D eigenvalue weighted by Crippen LogP contribution is 2.37. The summed E-state index contributed by atoms with van der Waals surface area (Å²) in [5, 5.41) is 14.4. The highest BCUT2D eigenvalue weighted by atomic mass is 35.5. The second-order valence-electron chi connectivity index (χ2n) is 7.32. The minimum atomic E-state index is -0.963. The van der Waals surface area contributed by atoms with Gasteiger partial charge in [0.15, 0.2) is 0 Å². The van der Waals surface area contributed by atoms with Crippen LogP contribution in [0.2, 0.25) is 5.02 Å². The van der Waals surface area contributed by atoms with Gasteiger partial charge in [-0.05, 0) is 35.9 Å². The van der Waals surface area contributed by atoms with Gasteiger partial charge in [-0.25, -0.2) is 0 Å². The van der Waals surface area contributed by atoms with E-state index in [0.717, 1.165) is 5.56 Å². The molecule has 10 nitrogen and oxygen atoms in total. The fourth-order valence-electron chi connectivity index (χ4n) is 3.34. The van der Waals surface area contributed by atoms with Gasteiger partial charge in [0.1, 0.15) is 18.6 Å². The number of nitrogens with one attached hydrogen (secondary N) is 1. The molecule has 170 valence electrons. The van der Waals surface area contributed by atoms with Crippen molar-refractivity contribution in [2.75, 3.05) is 6.67 Å². The molecular formula is C22H20ClN5O5. The number of hydrazone groups is 2. The van der Waals surface area contributed by atoms with Gasteiger partial charge in [-0.15, -0.1) is 5.10 Å². The SMILES string of the molecule is CC(=O)Oc1ccc(CN2CNC(=O)C=N2)cc1C1OC(c2cccc(Cl)c2)=NN1C(C)=O. The van der Waals surface area contributed by atoms with Crippen LogP contribution >= 0.6 is 11.6 Å². The van der Waals surface area contributed by atoms with Gasteiger partial charge in [-0.1, -0.05) is 23.7 Å². The fraction of sp³-hybridized carbons (Fsp3) is 0.227. The summed E-state index contributed by atoms with van der Waals surface area (Å²) in [5.41, 5.74) is 1.82. The highest BCUT2D eigenvalue weighted by Gasteiger charge is 2.35. The summed E-state index contributed by atoms with van der Waals surface area (Å²) in [4.78, 5) is 35.4. The predicted octanol–water partition coefficient (Wildman–Crippen LogP) is 2.38. The van der Waals surface area contributed by atoms with Crippen molar-refractivity contribution < 1.29 is 23.9 Å².